The van der Waals surface area contributed by atoms with Gasteiger partial charge in [0.25, 0.3) is 0 Å². The molecule has 0 heterocycles. The van der Waals surface area contributed by atoms with Crippen molar-refractivity contribution in [3.8, 4) is 0 Å². The van der Waals surface area contributed by atoms with E-state index in [1.807, 2.05) is 0 Å². The highest BCUT2D eigenvalue weighted by Crippen LogP contribution is 2.20. The Hall–Kier alpha value is -1.85. The van der Waals surface area contributed by atoms with Crippen LogP contribution in [0.25, 0.3) is 0 Å². The molecule has 6 heteroatoms. The minimum Gasteiger partial charge on any atom is -0.462 e. The second-order valence-electron chi connectivity index (χ2n) is 25.2. The fraction of sp³-hybridized carbons (Fsp3) is 0.932. The zero-order valence-corrected chi connectivity index (χ0v) is 54.6. The van der Waals surface area contributed by atoms with E-state index in [1.165, 1.54) is 321 Å². The third kappa shape index (κ3) is 66.9. The Labute approximate surface area is 501 Å². The molecule has 0 saturated heterocycles. The molecule has 0 rings (SSSR count). The van der Waals surface area contributed by atoms with Crippen LogP contribution in [0.2, 0.25) is 0 Å². The maximum absolute atomic E-state index is 12.9. The SMILES string of the molecule is CCCC/C=C\CCCCCCCC(=O)OCC(COC(=O)CCCCCCCCCCCCCCCCCCCCCCCCCCCC)OC(=O)CCCCCCCCCCCCCCCCCCCCCCCCCCC. The second-order valence-corrected chi connectivity index (χ2v) is 25.2. The van der Waals surface area contributed by atoms with Gasteiger partial charge in [0, 0.05) is 19.3 Å². The summed E-state index contributed by atoms with van der Waals surface area (Å²) in [6.45, 7) is 6.69. The molecule has 0 radical (unpaired) electrons. The molecule has 0 aliphatic rings. The summed E-state index contributed by atoms with van der Waals surface area (Å²) in [6, 6.07) is 0. The summed E-state index contributed by atoms with van der Waals surface area (Å²) in [4.78, 5) is 38.4. The molecule has 0 fully saturated rings. The van der Waals surface area contributed by atoms with E-state index in [4.69, 9.17) is 14.2 Å². The van der Waals surface area contributed by atoms with Gasteiger partial charge < -0.3 is 14.2 Å². The molecule has 0 aliphatic carbocycles. The molecule has 0 amide bonds. The van der Waals surface area contributed by atoms with Gasteiger partial charge in [-0.1, -0.05) is 380 Å². The summed E-state index contributed by atoms with van der Waals surface area (Å²) in [5.74, 6) is -0.841. The molecule has 0 N–H and O–H groups in total. The first-order valence-electron chi connectivity index (χ1n) is 36.7. The van der Waals surface area contributed by atoms with Gasteiger partial charge in [-0.05, 0) is 38.5 Å². The average molecular weight is 1130 g/mol. The normalized spacial score (nSPS) is 12.0. The molecule has 0 bridgehead atoms. The summed E-state index contributed by atoms with van der Waals surface area (Å²) in [5.41, 5.74) is 0. The minimum absolute atomic E-state index is 0.0658. The smallest absolute Gasteiger partial charge is 0.306 e. The van der Waals surface area contributed by atoms with Crippen LogP contribution in [0.15, 0.2) is 12.2 Å². The molecule has 0 aromatic heterocycles. The Balaban J connectivity index is 4.12. The third-order valence-corrected chi connectivity index (χ3v) is 17.0. The number of esters is 3. The largest absolute Gasteiger partial charge is 0.462 e. The molecule has 474 valence electrons. The zero-order chi connectivity index (χ0) is 57.8. The number of allylic oxidation sites excluding steroid dienone is 2. The summed E-state index contributed by atoms with van der Waals surface area (Å²) in [5, 5.41) is 0. The Morgan fingerprint density at radius 1 is 0.237 bits per heavy atom. The van der Waals surface area contributed by atoms with E-state index in [0.29, 0.717) is 19.3 Å². The summed E-state index contributed by atoms with van der Waals surface area (Å²) in [7, 11) is 0. The highest BCUT2D eigenvalue weighted by atomic mass is 16.6. The maximum atomic E-state index is 12.9. The van der Waals surface area contributed by atoms with Crippen LogP contribution < -0.4 is 0 Å². The molecule has 0 spiro atoms. The van der Waals surface area contributed by atoms with E-state index in [-0.39, 0.29) is 31.1 Å². The number of rotatable bonds is 69. The van der Waals surface area contributed by atoms with Crippen LogP contribution >= 0.6 is 0 Å². The van der Waals surface area contributed by atoms with Gasteiger partial charge >= 0.3 is 17.9 Å². The standard InChI is InChI=1S/C74H142O6/c1-4-7-10-13-16-19-22-24-26-28-30-32-34-36-38-39-41-43-45-47-49-52-55-58-61-64-67-73(76)79-70-71(69-78-72(75)66-63-60-57-54-51-21-18-15-12-9-6-3)80-74(77)68-65-62-59-56-53-50-48-46-44-42-40-37-35-33-31-29-27-25-23-20-17-14-11-8-5-2/h15,18,71H,4-14,16-17,19-70H2,1-3H3/b18-15-. The highest BCUT2D eigenvalue weighted by molar-refractivity contribution is 5.71. The first-order valence-corrected chi connectivity index (χ1v) is 36.7. The van der Waals surface area contributed by atoms with Gasteiger partial charge in [-0.2, -0.15) is 0 Å². The predicted molar refractivity (Wildman–Crippen MR) is 349 cm³/mol. The van der Waals surface area contributed by atoms with E-state index < -0.39 is 6.10 Å². The van der Waals surface area contributed by atoms with Gasteiger partial charge in [-0.15, -0.1) is 0 Å². The van der Waals surface area contributed by atoms with Gasteiger partial charge in [-0.25, -0.2) is 0 Å². The van der Waals surface area contributed by atoms with Crippen LogP contribution in [0.4, 0.5) is 0 Å². The fourth-order valence-electron chi connectivity index (χ4n) is 11.5. The lowest BCUT2D eigenvalue weighted by Gasteiger charge is -2.18. The summed E-state index contributed by atoms with van der Waals surface area (Å²) in [6.07, 6.45) is 84.1. The number of hydrogen-bond donors (Lipinski definition) is 0. The van der Waals surface area contributed by atoms with Crippen molar-refractivity contribution in [3.05, 3.63) is 12.2 Å². The van der Waals surface area contributed by atoms with E-state index in [2.05, 4.69) is 32.9 Å². The van der Waals surface area contributed by atoms with Crippen LogP contribution in [0.5, 0.6) is 0 Å². The van der Waals surface area contributed by atoms with Crippen molar-refractivity contribution < 1.29 is 28.6 Å². The quantitative estimate of drug-likeness (QED) is 0.0261. The molecule has 6 nitrogen and oxygen atoms in total. The Kier molecular flexibility index (Phi) is 68.0. The Bertz CT molecular complexity index is 1250. The molecule has 80 heavy (non-hydrogen) atoms. The van der Waals surface area contributed by atoms with E-state index in [9.17, 15) is 14.4 Å². The van der Waals surface area contributed by atoms with Crippen LogP contribution in [0.3, 0.4) is 0 Å². The van der Waals surface area contributed by atoms with Crippen molar-refractivity contribution in [2.75, 3.05) is 13.2 Å². The summed E-state index contributed by atoms with van der Waals surface area (Å²) >= 11 is 0. The van der Waals surface area contributed by atoms with Gasteiger partial charge in [0.05, 0.1) is 0 Å². The van der Waals surface area contributed by atoms with Crippen LogP contribution in [-0.4, -0.2) is 37.2 Å². The van der Waals surface area contributed by atoms with Crippen molar-refractivity contribution >= 4 is 17.9 Å². The second kappa shape index (κ2) is 69.6. The van der Waals surface area contributed by atoms with E-state index >= 15 is 0 Å². The minimum atomic E-state index is -0.770. The van der Waals surface area contributed by atoms with Crippen LogP contribution in [-0.2, 0) is 28.6 Å². The van der Waals surface area contributed by atoms with E-state index in [1.54, 1.807) is 0 Å². The van der Waals surface area contributed by atoms with Crippen molar-refractivity contribution in [1.29, 1.82) is 0 Å². The molecule has 0 saturated carbocycles. The topological polar surface area (TPSA) is 78.9 Å². The first kappa shape index (κ1) is 78.1. The molecular formula is C74H142O6. The molecule has 1 unspecified atom stereocenters. The average Bonchev–Trinajstić information content (AvgIpc) is 3.46. The van der Waals surface area contributed by atoms with Gasteiger partial charge in [0.1, 0.15) is 13.2 Å². The van der Waals surface area contributed by atoms with Crippen molar-refractivity contribution in [3.63, 3.8) is 0 Å². The molecular weight excluding hydrogens is 985 g/mol. The number of unbranched alkanes of at least 4 members (excludes halogenated alkanes) is 56. The third-order valence-electron chi connectivity index (χ3n) is 17.0. The molecule has 0 aromatic rings. The number of carbonyl (C=O) groups is 3. The monoisotopic (exact) mass is 1130 g/mol. The number of carbonyl (C=O) groups excluding carboxylic acids is 3. The lowest BCUT2D eigenvalue weighted by Crippen LogP contribution is -2.30. The fourth-order valence-corrected chi connectivity index (χ4v) is 11.5. The molecule has 0 aliphatic heterocycles. The Morgan fingerprint density at radius 3 is 0.662 bits per heavy atom. The predicted octanol–water partition coefficient (Wildman–Crippen LogP) is 25.2. The van der Waals surface area contributed by atoms with Gasteiger partial charge in [-0.3, -0.25) is 14.4 Å². The lowest BCUT2D eigenvalue weighted by molar-refractivity contribution is -0.167. The van der Waals surface area contributed by atoms with E-state index in [0.717, 1.165) is 64.2 Å². The lowest BCUT2D eigenvalue weighted by atomic mass is 10.0. The number of ether oxygens (including phenoxy) is 3. The Morgan fingerprint density at radius 2 is 0.425 bits per heavy atom. The molecule has 0 aromatic carbocycles. The van der Waals surface area contributed by atoms with Crippen molar-refractivity contribution in [2.24, 2.45) is 0 Å². The van der Waals surface area contributed by atoms with Gasteiger partial charge in [0.2, 0.25) is 0 Å². The number of hydrogen-bond acceptors (Lipinski definition) is 6. The maximum Gasteiger partial charge on any atom is 0.306 e. The van der Waals surface area contributed by atoms with Crippen molar-refractivity contribution in [2.45, 2.75) is 431 Å². The molecule has 1 atom stereocenters. The van der Waals surface area contributed by atoms with Crippen LogP contribution in [0, 0.1) is 0 Å². The van der Waals surface area contributed by atoms with Crippen LogP contribution in [0.1, 0.15) is 425 Å². The van der Waals surface area contributed by atoms with Gasteiger partial charge in [0.15, 0.2) is 6.10 Å². The zero-order valence-electron chi connectivity index (χ0n) is 54.6. The highest BCUT2D eigenvalue weighted by Gasteiger charge is 2.20. The summed E-state index contributed by atoms with van der Waals surface area (Å²) < 4.78 is 17.0. The first-order chi connectivity index (χ1) is 39.5. The van der Waals surface area contributed by atoms with Crippen molar-refractivity contribution in [1.82, 2.24) is 0 Å².